The first-order chi connectivity index (χ1) is 13.3. The summed E-state index contributed by atoms with van der Waals surface area (Å²) in [5.41, 5.74) is 0.289. The summed E-state index contributed by atoms with van der Waals surface area (Å²) in [5, 5.41) is 0.520. The minimum atomic E-state index is -0.896. The van der Waals surface area contributed by atoms with Crippen molar-refractivity contribution in [3.05, 3.63) is 34.2 Å². The van der Waals surface area contributed by atoms with Crippen LogP contribution in [0.3, 0.4) is 0 Å². The van der Waals surface area contributed by atoms with Crippen LogP contribution in [0.1, 0.15) is 33.3 Å². The van der Waals surface area contributed by atoms with Gasteiger partial charge < -0.3 is 23.4 Å². The summed E-state index contributed by atoms with van der Waals surface area (Å²) in [6, 6.07) is 4.34. The molecule has 1 aromatic carbocycles. The highest BCUT2D eigenvalue weighted by Crippen LogP contribution is 2.34. The number of carbonyl (C=O) groups is 2. The van der Waals surface area contributed by atoms with E-state index >= 15 is 0 Å². The standard InChI is InChI=1S/C20H24O8/c1-6-24-19(22)12(4)26-14-9-15(27-13(5)20(23)25-7-2)18-11(3)8-17(21)28-16(18)10-14/h8-10,12-13H,6-7H2,1-5H3. The van der Waals surface area contributed by atoms with E-state index in [4.69, 9.17) is 23.4 Å². The summed E-state index contributed by atoms with van der Waals surface area (Å²) < 4.78 is 26.5. The van der Waals surface area contributed by atoms with Crippen LogP contribution in [0.15, 0.2) is 27.4 Å². The lowest BCUT2D eigenvalue weighted by molar-refractivity contribution is -0.151. The number of fused-ring (bicyclic) bond motifs is 1. The van der Waals surface area contributed by atoms with Crippen molar-refractivity contribution in [2.24, 2.45) is 0 Å². The number of carbonyl (C=O) groups excluding carboxylic acids is 2. The molecule has 0 aliphatic rings. The number of benzene rings is 1. The third kappa shape index (κ3) is 5.03. The van der Waals surface area contributed by atoms with Crippen molar-refractivity contribution in [2.45, 2.75) is 46.8 Å². The van der Waals surface area contributed by atoms with E-state index in [0.29, 0.717) is 10.9 Å². The fraction of sp³-hybridized carbons (Fsp3) is 0.450. The highest BCUT2D eigenvalue weighted by Gasteiger charge is 2.22. The first kappa shape index (κ1) is 21.3. The minimum Gasteiger partial charge on any atom is -0.479 e. The molecule has 2 atom stereocenters. The fourth-order valence-electron chi connectivity index (χ4n) is 2.59. The van der Waals surface area contributed by atoms with E-state index in [1.807, 2.05) is 0 Å². The molecule has 28 heavy (non-hydrogen) atoms. The molecule has 0 saturated carbocycles. The molecule has 0 bridgehead atoms. The van der Waals surface area contributed by atoms with Crippen molar-refractivity contribution in [3.8, 4) is 11.5 Å². The van der Waals surface area contributed by atoms with Crippen molar-refractivity contribution >= 4 is 22.9 Å². The second-order valence-corrected chi connectivity index (χ2v) is 6.07. The third-order valence-corrected chi connectivity index (χ3v) is 3.83. The van der Waals surface area contributed by atoms with Crippen molar-refractivity contribution in [3.63, 3.8) is 0 Å². The SMILES string of the molecule is CCOC(=O)C(C)Oc1cc(OC(C)C(=O)OCC)c2c(C)cc(=O)oc2c1. The molecule has 0 N–H and O–H groups in total. The molecule has 2 aromatic rings. The molecule has 0 amide bonds. The lowest BCUT2D eigenvalue weighted by Gasteiger charge is -2.18. The van der Waals surface area contributed by atoms with Crippen LogP contribution in [0.4, 0.5) is 0 Å². The quantitative estimate of drug-likeness (QED) is 0.499. The van der Waals surface area contributed by atoms with Crippen LogP contribution in [0.5, 0.6) is 11.5 Å². The Labute approximate surface area is 162 Å². The van der Waals surface area contributed by atoms with Gasteiger partial charge in [0.1, 0.15) is 17.1 Å². The second kappa shape index (κ2) is 9.25. The first-order valence-electron chi connectivity index (χ1n) is 9.01. The van der Waals surface area contributed by atoms with Crippen LogP contribution < -0.4 is 15.1 Å². The zero-order valence-corrected chi connectivity index (χ0v) is 16.6. The van der Waals surface area contributed by atoms with Gasteiger partial charge in [0.2, 0.25) is 0 Å². The maximum Gasteiger partial charge on any atom is 0.347 e. The smallest absolute Gasteiger partial charge is 0.347 e. The van der Waals surface area contributed by atoms with Crippen LogP contribution in [0, 0.1) is 6.92 Å². The predicted molar refractivity (Wildman–Crippen MR) is 101 cm³/mol. The number of esters is 2. The molecule has 8 nitrogen and oxygen atoms in total. The molecule has 1 heterocycles. The average molecular weight is 392 g/mol. The van der Waals surface area contributed by atoms with E-state index in [9.17, 15) is 14.4 Å². The van der Waals surface area contributed by atoms with Crippen molar-refractivity contribution in [1.82, 2.24) is 0 Å². The van der Waals surface area contributed by atoms with Crippen LogP contribution >= 0.6 is 0 Å². The maximum absolute atomic E-state index is 11.9. The van der Waals surface area contributed by atoms with Crippen molar-refractivity contribution in [2.75, 3.05) is 13.2 Å². The van der Waals surface area contributed by atoms with Gasteiger partial charge in [-0.25, -0.2) is 14.4 Å². The minimum absolute atomic E-state index is 0.213. The van der Waals surface area contributed by atoms with Gasteiger partial charge in [0.05, 0.1) is 18.6 Å². The summed E-state index contributed by atoms with van der Waals surface area (Å²) in [4.78, 5) is 35.5. The Hall–Kier alpha value is -3.03. The zero-order valence-electron chi connectivity index (χ0n) is 16.6. The maximum atomic E-state index is 11.9. The molecule has 8 heteroatoms. The number of aryl methyl sites for hydroxylation is 1. The molecule has 152 valence electrons. The topological polar surface area (TPSA) is 101 Å². The van der Waals surface area contributed by atoms with Crippen LogP contribution in [0.2, 0.25) is 0 Å². The van der Waals surface area contributed by atoms with E-state index in [2.05, 4.69) is 0 Å². The summed E-state index contributed by atoms with van der Waals surface area (Å²) >= 11 is 0. The molecular weight excluding hydrogens is 368 g/mol. The molecule has 2 rings (SSSR count). The Bertz CT molecular complexity index is 914. The molecule has 2 unspecified atom stereocenters. The van der Waals surface area contributed by atoms with E-state index < -0.39 is 29.8 Å². The Kier molecular flexibility index (Phi) is 7.03. The summed E-state index contributed by atoms with van der Waals surface area (Å²) in [7, 11) is 0. The average Bonchev–Trinajstić information content (AvgIpc) is 2.61. The zero-order chi connectivity index (χ0) is 20.8. The summed E-state index contributed by atoms with van der Waals surface area (Å²) in [5.74, 6) is -0.564. The van der Waals surface area contributed by atoms with Gasteiger partial charge in [-0.1, -0.05) is 0 Å². The Morgan fingerprint density at radius 3 is 2.11 bits per heavy atom. The van der Waals surface area contributed by atoms with Crippen LogP contribution in [-0.4, -0.2) is 37.4 Å². The Morgan fingerprint density at radius 1 is 0.964 bits per heavy atom. The number of hydrogen-bond donors (Lipinski definition) is 0. The number of hydrogen-bond acceptors (Lipinski definition) is 8. The van der Waals surface area contributed by atoms with Crippen molar-refractivity contribution < 1.29 is 33.0 Å². The van der Waals surface area contributed by atoms with E-state index in [-0.39, 0.29) is 30.3 Å². The Morgan fingerprint density at radius 2 is 1.54 bits per heavy atom. The molecule has 0 spiro atoms. The van der Waals surface area contributed by atoms with E-state index in [1.54, 1.807) is 27.7 Å². The van der Waals surface area contributed by atoms with Gasteiger partial charge in [-0.3, -0.25) is 0 Å². The monoisotopic (exact) mass is 392 g/mol. The predicted octanol–water partition coefficient (Wildman–Crippen LogP) is 2.76. The largest absolute Gasteiger partial charge is 0.479 e. The van der Waals surface area contributed by atoms with Gasteiger partial charge in [0.25, 0.3) is 0 Å². The number of rotatable bonds is 8. The lowest BCUT2D eigenvalue weighted by atomic mass is 10.1. The molecule has 0 aliphatic heterocycles. The summed E-state index contributed by atoms with van der Waals surface area (Å²) in [6.45, 7) is 8.66. The van der Waals surface area contributed by atoms with E-state index in [0.717, 1.165) is 0 Å². The van der Waals surface area contributed by atoms with Crippen LogP contribution in [0.25, 0.3) is 11.0 Å². The van der Waals surface area contributed by atoms with Crippen LogP contribution in [-0.2, 0) is 19.1 Å². The van der Waals surface area contributed by atoms with Crippen molar-refractivity contribution in [1.29, 1.82) is 0 Å². The van der Waals surface area contributed by atoms with Gasteiger partial charge in [0.15, 0.2) is 12.2 Å². The fourth-order valence-corrected chi connectivity index (χ4v) is 2.59. The van der Waals surface area contributed by atoms with Gasteiger partial charge in [-0.05, 0) is 40.2 Å². The molecule has 0 fully saturated rings. The lowest BCUT2D eigenvalue weighted by Crippen LogP contribution is -2.27. The second-order valence-electron chi connectivity index (χ2n) is 6.07. The van der Waals surface area contributed by atoms with Gasteiger partial charge >= 0.3 is 17.6 Å². The number of ether oxygens (including phenoxy) is 4. The van der Waals surface area contributed by atoms with E-state index in [1.165, 1.54) is 25.1 Å². The molecule has 1 aromatic heterocycles. The van der Waals surface area contributed by atoms with Gasteiger partial charge in [-0.2, -0.15) is 0 Å². The van der Waals surface area contributed by atoms with Gasteiger partial charge in [0, 0.05) is 18.2 Å². The highest BCUT2D eigenvalue weighted by molar-refractivity contribution is 5.89. The first-order valence-corrected chi connectivity index (χ1v) is 9.01. The van der Waals surface area contributed by atoms with Gasteiger partial charge in [-0.15, -0.1) is 0 Å². The molecule has 0 aliphatic carbocycles. The third-order valence-electron chi connectivity index (χ3n) is 3.83. The highest BCUT2D eigenvalue weighted by atomic mass is 16.6. The molecule has 0 saturated heterocycles. The Balaban J connectivity index is 2.46. The normalized spacial score (nSPS) is 12.9. The molecular formula is C20H24O8. The molecule has 0 radical (unpaired) electrons. The summed E-state index contributed by atoms with van der Waals surface area (Å²) in [6.07, 6.45) is -1.78.